The van der Waals surface area contributed by atoms with Crippen molar-refractivity contribution in [3.8, 4) is 0 Å². The van der Waals surface area contributed by atoms with Crippen LogP contribution in [0.15, 0.2) is 33.7 Å². The molecule has 1 fully saturated rings. The van der Waals surface area contributed by atoms with E-state index in [-0.39, 0.29) is 4.90 Å². The standard InChI is InChI=1S/C17H22N4O3S2/c1-12-5-4-6-15(11-12)18-17(25)20-7-9-21(10-8-20)26(22,23)16-13(2)19-24-14(16)3/h4-6,11H,7-10H2,1-3H3,(H,18,25). The van der Waals surface area contributed by atoms with Crippen LogP contribution in [-0.4, -0.2) is 54.1 Å². The molecule has 0 unspecified atom stereocenters. The average molecular weight is 395 g/mol. The lowest BCUT2D eigenvalue weighted by molar-refractivity contribution is 0.268. The molecular formula is C17H22N4O3S2. The van der Waals surface area contributed by atoms with Crippen molar-refractivity contribution in [1.29, 1.82) is 0 Å². The highest BCUT2D eigenvalue weighted by Gasteiger charge is 2.33. The van der Waals surface area contributed by atoms with Gasteiger partial charge in [-0.1, -0.05) is 17.3 Å². The number of hydrogen-bond donors (Lipinski definition) is 1. The van der Waals surface area contributed by atoms with E-state index >= 15 is 0 Å². The van der Waals surface area contributed by atoms with Gasteiger partial charge in [0, 0.05) is 31.9 Å². The van der Waals surface area contributed by atoms with Crippen molar-refractivity contribution in [2.45, 2.75) is 25.7 Å². The third-order valence-electron chi connectivity index (χ3n) is 4.36. The first-order valence-electron chi connectivity index (χ1n) is 8.34. The monoisotopic (exact) mass is 394 g/mol. The second-order valence-corrected chi connectivity index (χ2v) is 8.61. The Labute approximate surface area is 159 Å². The van der Waals surface area contributed by atoms with Crippen LogP contribution in [0.3, 0.4) is 0 Å². The molecule has 140 valence electrons. The summed E-state index contributed by atoms with van der Waals surface area (Å²) < 4.78 is 32.2. The first-order valence-corrected chi connectivity index (χ1v) is 10.2. The Morgan fingerprint density at radius 3 is 2.46 bits per heavy atom. The lowest BCUT2D eigenvalue weighted by atomic mass is 10.2. The van der Waals surface area contributed by atoms with Crippen molar-refractivity contribution in [3.05, 3.63) is 41.3 Å². The summed E-state index contributed by atoms with van der Waals surface area (Å²) in [6, 6.07) is 7.96. The highest BCUT2D eigenvalue weighted by atomic mass is 32.2. The van der Waals surface area contributed by atoms with Gasteiger partial charge in [-0.25, -0.2) is 8.42 Å². The fourth-order valence-corrected chi connectivity index (χ4v) is 5.04. The molecule has 7 nitrogen and oxygen atoms in total. The number of anilines is 1. The molecule has 0 spiro atoms. The van der Waals surface area contributed by atoms with Crippen molar-refractivity contribution < 1.29 is 12.9 Å². The number of nitrogens with zero attached hydrogens (tertiary/aromatic N) is 3. The number of aryl methyl sites for hydroxylation is 3. The van der Waals surface area contributed by atoms with Gasteiger partial charge in [-0.05, 0) is 50.7 Å². The first-order chi connectivity index (χ1) is 12.3. The summed E-state index contributed by atoms with van der Waals surface area (Å²) >= 11 is 5.47. The molecule has 1 aliphatic rings. The topological polar surface area (TPSA) is 78.7 Å². The van der Waals surface area contributed by atoms with Crippen LogP contribution >= 0.6 is 12.2 Å². The summed E-state index contributed by atoms with van der Waals surface area (Å²) in [4.78, 5) is 2.16. The Bertz CT molecular complexity index is 896. The van der Waals surface area contributed by atoms with Gasteiger partial charge in [-0.2, -0.15) is 4.31 Å². The number of piperazine rings is 1. The largest absolute Gasteiger partial charge is 0.360 e. The number of hydrogen-bond acceptors (Lipinski definition) is 5. The highest BCUT2D eigenvalue weighted by molar-refractivity contribution is 7.89. The fraction of sp³-hybridized carbons (Fsp3) is 0.412. The van der Waals surface area contributed by atoms with Gasteiger partial charge in [0.15, 0.2) is 10.9 Å². The second kappa shape index (κ2) is 7.34. The normalized spacial score (nSPS) is 15.9. The van der Waals surface area contributed by atoms with Gasteiger partial charge < -0.3 is 14.7 Å². The summed E-state index contributed by atoms with van der Waals surface area (Å²) in [5.74, 6) is 0.321. The Hall–Kier alpha value is -1.97. The predicted molar refractivity (Wildman–Crippen MR) is 104 cm³/mol. The number of sulfonamides is 1. The van der Waals surface area contributed by atoms with Crippen LogP contribution < -0.4 is 5.32 Å². The van der Waals surface area contributed by atoms with Crippen LogP contribution in [0.4, 0.5) is 5.69 Å². The maximum Gasteiger partial charge on any atom is 0.248 e. The molecule has 1 aliphatic heterocycles. The molecule has 1 aromatic carbocycles. The summed E-state index contributed by atoms with van der Waals surface area (Å²) in [5.41, 5.74) is 2.47. The van der Waals surface area contributed by atoms with Gasteiger partial charge in [0.2, 0.25) is 10.0 Å². The first kappa shape index (κ1) is 18.8. The third kappa shape index (κ3) is 3.74. The number of rotatable bonds is 3. The average Bonchev–Trinajstić information content (AvgIpc) is 2.94. The van der Waals surface area contributed by atoms with E-state index in [0.29, 0.717) is 42.7 Å². The van der Waals surface area contributed by atoms with Gasteiger partial charge in [0.25, 0.3) is 0 Å². The van der Waals surface area contributed by atoms with Gasteiger partial charge in [0.1, 0.15) is 10.6 Å². The van der Waals surface area contributed by atoms with Crippen molar-refractivity contribution in [2.75, 3.05) is 31.5 Å². The predicted octanol–water partition coefficient (Wildman–Crippen LogP) is 2.30. The van der Waals surface area contributed by atoms with Crippen molar-refractivity contribution in [3.63, 3.8) is 0 Å². The third-order valence-corrected chi connectivity index (χ3v) is 6.86. The van der Waals surface area contributed by atoms with Crippen LogP contribution in [0.5, 0.6) is 0 Å². The Morgan fingerprint density at radius 2 is 1.88 bits per heavy atom. The molecule has 9 heteroatoms. The Kier molecular flexibility index (Phi) is 5.31. The molecular weight excluding hydrogens is 372 g/mol. The van der Waals surface area contributed by atoms with Gasteiger partial charge in [0.05, 0.1) is 0 Å². The molecule has 0 bridgehead atoms. The van der Waals surface area contributed by atoms with Crippen LogP contribution in [0.1, 0.15) is 17.0 Å². The zero-order valence-electron chi connectivity index (χ0n) is 15.0. The van der Waals surface area contributed by atoms with Crippen molar-refractivity contribution in [1.82, 2.24) is 14.4 Å². The van der Waals surface area contributed by atoms with E-state index in [1.54, 1.807) is 13.8 Å². The van der Waals surface area contributed by atoms with Crippen molar-refractivity contribution >= 4 is 33.0 Å². The van der Waals surface area contributed by atoms with E-state index in [4.69, 9.17) is 16.7 Å². The van der Waals surface area contributed by atoms with Gasteiger partial charge >= 0.3 is 0 Å². The van der Waals surface area contributed by atoms with Gasteiger partial charge in [-0.15, -0.1) is 0 Å². The lowest BCUT2D eigenvalue weighted by Crippen LogP contribution is -2.51. The highest BCUT2D eigenvalue weighted by Crippen LogP contribution is 2.24. The number of aromatic nitrogens is 1. The minimum absolute atomic E-state index is 0.173. The van der Waals surface area contributed by atoms with E-state index in [1.807, 2.05) is 36.1 Å². The smallest absolute Gasteiger partial charge is 0.248 e. The molecule has 0 saturated carbocycles. The molecule has 2 aromatic rings. The summed E-state index contributed by atoms with van der Waals surface area (Å²) in [7, 11) is -3.61. The van der Waals surface area contributed by atoms with Crippen LogP contribution in [0, 0.1) is 20.8 Å². The number of thiocarbonyl (C=S) groups is 1. The number of benzene rings is 1. The minimum Gasteiger partial charge on any atom is -0.360 e. The molecule has 2 heterocycles. The molecule has 0 amide bonds. The maximum absolute atomic E-state index is 12.9. The SMILES string of the molecule is Cc1cccc(NC(=S)N2CCN(S(=O)(=O)c3c(C)noc3C)CC2)c1. The molecule has 26 heavy (non-hydrogen) atoms. The molecule has 0 radical (unpaired) electrons. The second-order valence-electron chi connectivity index (χ2n) is 6.34. The van der Waals surface area contributed by atoms with Crippen LogP contribution in [0.2, 0.25) is 0 Å². The lowest BCUT2D eigenvalue weighted by Gasteiger charge is -2.35. The van der Waals surface area contributed by atoms with E-state index in [1.165, 1.54) is 4.31 Å². The van der Waals surface area contributed by atoms with Crippen LogP contribution in [0.25, 0.3) is 0 Å². The maximum atomic E-state index is 12.9. The summed E-state index contributed by atoms with van der Waals surface area (Å²) in [6.07, 6.45) is 0. The Balaban J connectivity index is 1.65. The van der Waals surface area contributed by atoms with E-state index in [9.17, 15) is 8.42 Å². The zero-order chi connectivity index (χ0) is 18.9. The molecule has 0 atom stereocenters. The molecule has 1 aromatic heterocycles. The van der Waals surface area contributed by atoms with E-state index in [2.05, 4.69) is 10.5 Å². The molecule has 1 N–H and O–H groups in total. The molecule has 3 rings (SSSR count). The van der Waals surface area contributed by atoms with E-state index in [0.717, 1.165) is 11.3 Å². The quantitative estimate of drug-likeness (QED) is 0.800. The van der Waals surface area contributed by atoms with Gasteiger partial charge in [-0.3, -0.25) is 0 Å². The fourth-order valence-electron chi connectivity index (χ4n) is 3.03. The van der Waals surface area contributed by atoms with Crippen LogP contribution in [-0.2, 0) is 10.0 Å². The summed E-state index contributed by atoms with van der Waals surface area (Å²) in [5, 5.41) is 7.57. The van der Waals surface area contributed by atoms with Crippen molar-refractivity contribution in [2.24, 2.45) is 0 Å². The summed E-state index contributed by atoms with van der Waals surface area (Å²) in [6.45, 7) is 7.06. The molecule has 0 aliphatic carbocycles. The minimum atomic E-state index is -3.61. The Morgan fingerprint density at radius 1 is 1.19 bits per heavy atom. The molecule has 1 saturated heterocycles. The number of nitrogens with one attached hydrogen (secondary N) is 1. The van der Waals surface area contributed by atoms with E-state index < -0.39 is 10.0 Å². The zero-order valence-corrected chi connectivity index (χ0v) is 16.7.